The smallest absolute Gasteiger partial charge is 0.0128 e. The third-order valence-corrected chi connectivity index (χ3v) is 19.5. The van der Waals surface area contributed by atoms with E-state index >= 15 is 0 Å². The van der Waals surface area contributed by atoms with Gasteiger partial charge in [-0.2, -0.15) is 0 Å². The van der Waals surface area contributed by atoms with Gasteiger partial charge in [0.15, 0.2) is 0 Å². The van der Waals surface area contributed by atoms with Crippen LogP contribution < -0.4 is 0 Å². The molecule has 0 amide bonds. The molecule has 0 nitrogen and oxygen atoms in total. The van der Waals surface area contributed by atoms with Crippen molar-refractivity contribution in [1.82, 2.24) is 0 Å². The second kappa shape index (κ2) is 43.4. The minimum absolute atomic E-state index is 0. The van der Waals surface area contributed by atoms with Crippen molar-refractivity contribution in [3.63, 3.8) is 0 Å². The Labute approximate surface area is 496 Å². The van der Waals surface area contributed by atoms with E-state index in [2.05, 4.69) is 51.1 Å². The summed E-state index contributed by atoms with van der Waals surface area (Å²) < 4.78 is 0. The van der Waals surface area contributed by atoms with E-state index in [1.165, 1.54) is 109 Å². The molecule has 1 aromatic rings. The Morgan fingerprint density at radius 1 is 0.400 bits per heavy atom. The number of hydrogen-bond acceptors (Lipinski definition) is 0. The molecule has 0 heterocycles. The topological polar surface area (TPSA) is 0 Å². The van der Waals surface area contributed by atoms with E-state index in [1.807, 2.05) is 0 Å². The minimum atomic E-state index is -0.826. The van der Waals surface area contributed by atoms with Crippen LogP contribution in [0, 0.1) is 133 Å². The van der Waals surface area contributed by atoms with E-state index in [0.29, 0.717) is 0 Å². The standard InChI is InChI=1S/C21H30.C18H32.C16H28.6CH3.6ClH.3Zr/c1-2-10-17(11-3-1)21-15-18(14-16-8-4-5-9-16)19-12-6-7-13-20(19)21;1-13(2)18-12-15(11-14-7-3-4-8-14)16-9-5-6-10-17(16)18;1-12-10-14(11-13-6-2-3-7-13)16-9-5-4-8-15(12)16;;;;;;;;;;;;;;;/h1-3,10-11,16,18-21H,4-9,12-15H2;13-18H,3-12H2,1-2H3;12-16H,2-11H2,1H3;6*1H3;6*1H;;;/q;;;6*-1;;;;;;;3*+4/p-6. The van der Waals surface area contributed by atoms with Crippen LogP contribution in [-0.2, 0) is 62.5 Å². The summed E-state index contributed by atoms with van der Waals surface area (Å²) in [5.41, 5.74) is 1.64. The average Bonchev–Trinajstić information content (AvgIpc) is 4.19. The van der Waals surface area contributed by atoms with Crippen LogP contribution in [0.3, 0.4) is 0 Å². The number of fused-ring (bicyclic) bond motifs is 3. The fraction of sp³-hybridized carbons (Fsp3) is 0.803. The second-order valence-corrected chi connectivity index (χ2v) is 34.3. The maximum Gasteiger partial charge on any atom is -0.0128 e. The van der Waals surface area contributed by atoms with Gasteiger partial charge in [0.1, 0.15) is 0 Å². The fourth-order valence-electron chi connectivity index (χ4n) is 16.9. The SMILES string of the molecule is CC(C)C1CC(CC2CCCC2)C2CCCCC12.CC1CC(CC2CCCC2)C2CCCCC12.[CH3-].[CH3-].[CH3-].[CH3-].[CH3-].[CH3-].[Cl][Zr+2][Cl].[Cl][Zr+2][Cl].[Cl][Zr+2][Cl].c1ccc(C2CC(CC3CCCC3)C3CCCCC23)cc1. The van der Waals surface area contributed by atoms with Crippen molar-refractivity contribution in [2.45, 2.75) is 219 Å². The molecule has 0 spiro atoms. The molecular formula is C61H108Cl6Zr3. The summed E-state index contributed by atoms with van der Waals surface area (Å²) in [7, 11) is 29.6. The molecule has 9 aliphatic rings. The zero-order valence-corrected chi connectivity index (χ0v) is 58.5. The quantitative estimate of drug-likeness (QED) is 0.228. The second-order valence-electron chi connectivity index (χ2n) is 23.1. The predicted molar refractivity (Wildman–Crippen MR) is 311 cm³/mol. The first-order chi connectivity index (χ1) is 31.3. The van der Waals surface area contributed by atoms with Crippen LogP contribution in [0.5, 0.6) is 0 Å². The van der Waals surface area contributed by atoms with Gasteiger partial charge in [-0.3, -0.25) is 0 Å². The Morgan fingerprint density at radius 3 is 1.10 bits per heavy atom. The number of halogens is 6. The average molecular weight is 1330 g/mol. The van der Waals surface area contributed by atoms with Crippen LogP contribution in [0.15, 0.2) is 30.3 Å². The summed E-state index contributed by atoms with van der Waals surface area (Å²) in [4.78, 5) is 0. The van der Waals surface area contributed by atoms with Gasteiger partial charge in [-0.1, -0.05) is 167 Å². The zero-order valence-electron chi connectivity index (χ0n) is 46.6. The Balaban J connectivity index is 0. The molecule has 0 N–H and O–H groups in total. The molecule has 10 rings (SSSR count). The number of rotatable bonds is 8. The van der Waals surface area contributed by atoms with Crippen molar-refractivity contribution < 1.29 is 62.5 Å². The Morgan fingerprint density at radius 2 is 0.700 bits per heavy atom. The van der Waals surface area contributed by atoms with Crippen molar-refractivity contribution in [2.75, 3.05) is 0 Å². The zero-order chi connectivity index (χ0) is 45.7. The number of hydrogen-bond donors (Lipinski definition) is 0. The molecule has 9 heteroatoms. The molecule has 406 valence electrons. The molecule has 9 aliphatic carbocycles. The van der Waals surface area contributed by atoms with Gasteiger partial charge in [-0.25, -0.2) is 0 Å². The van der Waals surface area contributed by atoms with E-state index < -0.39 is 62.5 Å². The maximum absolute atomic E-state index is 4.93. The summed E-state index contributed by atoms with van der Waals surface area (Å²) >= 11 is -2.48. The first-order valence-corrected chi connectivity index (χ1v) is 46.2. The normalized spacial score (nSPS) is 32.4. The number of benzene rings is 1. The summed E-state index contributed by atoms with van der Waals surface area (Å²) in [6.45, 7) is 7.50. The molecule has 0 saturated heterocycles. The molecular weight excluding hydrogens is 1220 g/mol. The Bertz CT molecular complexity index is 1320. The van der Waals surface area contributed by atoms with E-state index in [0.717, 1.165) is 94.7 Å². The molecule has 9 fully saturated rings. The van der Waals surface area contributed by atoms with Gasteiger partial charge in [-0.05, 0) is 177 Å². The van der Waals surface area contributed by atoms with Gasteiger partial charge < -0.3 is 44.6 Å². The van der Waals surface area contributed by atoms with Crippen LogP contribution in [0.25, 0.3) is 0 Å². The summed E-state index contributed by atoms with van der Waals surface area (Å²) in [6.07, 6.45) is 46.3. The van der Waals surface area contributed by atoms with Crippen molar-refractivity contribution in [3.8, 4) is 0 Å². The van der Waals surface area contributed by atoms with Crippen molar-refractivity contribution in [1.29, 1.82) is 0 Å². The van der Waals surface area contributed by atoms with Gasteiger partial charge in [0, 0.05) is 0 Å². The first kappa shape index (κ1) is 75.7. The predicted octanol–water partition coefficient (Wildman–Crippen LogP) is 23.7. The van der Waals surface area contributed by atoms with E-state index in [4.69, 9.17) is 51.1 Å². The summed E-state index contributed by atoms with van der Waals surface area (Å²) in [5.74, 6) is 17.1. The molecule has 12 atom stereocenters. The fourth-order valence-corrected chi connectivity index (χ4v) is 16.9. The van der Waals surface area contributed by atoms with E-state index in [9.17, 15) is 0 Å². The molecule has 9 saturated carbocycles. The van der Waals surface area contributed by atoms with E-state index in [-0.39, 0.29) is 44.6 Å². The molecule has 0 bridgehead atoms. The monoisotopic (exact) mass is 1320 g/mol. The Kier molecular flexibility index (Phi) is 46.9. The van der Waals surface area contributed by atoms with Gasteiger partial charge in [0.2, 0.25) is 0 Å². The molecule has 12 unspecified atom stereocenters. The van der Waals surface area contributed by atoms with Crippen molar-refractivity contribution in [2.24, 2.45) is 88.8 Å². The van der Waals surface area contributed by atoms with Gasteiger partial charge >= 0.3 is 114 Å². The molecule has 1 aromatic carbocycles. The third-order valence-electron chi connectivity index (χ3n) is 19.5. The van der Waals surface area contributed by atoms with E-state index in [1.54, 1.807) is 89.0 Å². The molecule has 0 aromatic heterocycles. The molecule has 70 heavy (non-hydrogen) atoms. The van der Waals surface area contributed by atoms with Gasteiger partial charge in [-0.15, -0.1) is 0 Å². The first-order valence-electron chi connectivity index (χ1n) is 27.2. The van der Waals surface area contributed by atoms with Crippen molar-refractivity contribution >= 4 is 51.1 Å². The minimum Gasteiger partial charge on any atom is -0.0622 e. The van der Waals surface area contributed by atoms with Crippen LogP contribution in [-0.4, -0.2) is 0 Å². The molecule has 0 aliphatic heterocycles. The maximum atomic E-state index is 4.93. The van der Waals surface area contributed by atoms with Gasteiger partial charge in [0.25, 0.3) is 0 Å². The van der Waals surface area contributed by atoms with Crippen LogP contribution in [0.1, 0.15) is 225 Å². The largest absolute Gasteiger partial charge is 0.0622 e. The third kappa shape index (κ3) is 24.1. The Hall–Kier alpha value is 3.61. The summed E-state index contributed by atoms with van der Waals surface area (Å²) in [6, 6.07) is 11.5. The summed E-state index contributed by atoms with van der Waals surface area (Å²) in [5, 5.41) is 0. The molecule has 0 radical (unpaired) electrons. The van der Waals surface area contributed by atoms with Crippen LogP contribution in [0.2, 0.25) is 0 Å². The van der Waals surface area contributed by atoms with Crippen molar-refractivity contribution in [3.05, 3.63) is 80.5 Å². The van der Waals surface area contributed by atoms with Gasteiger partial charge in [0.05, 0.1) is 0 Å². The van der Waals surface area contributed by atoms with Crippen LogP contribution >= 0.6 is 51.1 Å². The van der Waals surface area contributed by atoms with Crippen LogP contribution in [0.4, 0.5) is 0 Å².